The number of H-pyrrole nitrogens is 1. The Balaban J connectivity index is 1.62. The standard InChI is InChI=1S/C24H24F2N6/c1-15-6-4-8-18(25)24(15)32-16(2)14-19-23(29-32)22(28-27-19)17-7-5-9-20(21(17)26)31-12-10-30(3)11-13-31/h4-9,14,27H,2,10-13H2,1,3H3. The van der Waals surface area contributed by atoms with Crippen LogP contribution in [0.3, 0.4) is 0 Å². The number of allylic oxidation sites excluding steroid dienone is 1. The van der Waals surface area contributed by atoms with Gasteiger partial charge in [-0.15, -0.1) is 0 Å². The SMILES string of the molecule is C=C1C=c2[nH]nc(-c3cccc(N4CCN(C)CC4)c3F)c2=NN1c1c(C)cccc1F. The number of anilines is 2. The lowest BCUT2D eigenvalue weighted by Gasteiger charge is -2.34. The summed E-state index contributed by atoms with van der Waals surface area (Å²) in [5.74, 6) is -0.736. The minimum absolute atomic E-state index is 0.318. The van der Waals surface area contributed by atoms with Crippen molar-refractivity contribution in [3.63, 3.8) is 0 Å². The number of benzene rings is 2. The maximum atomic E-state index is 15.7. The van der Waals surface area contributed by atoms with Crippen molar-refractivity contribution in [2.45, 2.75) is 6.92 Å². The number of aryl methyl sites for hydroxylation is 1. The van der Waals surface area contributed by atoms with E-state index in [1.807, 2.05) is 19.1 Å². The minimum Gasteiger partial charge on any atom is -0.367 e. The highest BCUT2D eigenvalue weighted by atomic mass is 19.1. The van der Waals surface area contributed by atoms with Gasteiger partial charge in [0.05, 0.1) is 16.7 Å². The van der Waals surface area contributed by atoms with E-state index in [4.69, 9.17) is 0 Å². The molecule has 5 rings (SSSR count). The van der Waals surface area contributed by atoms with Crippen molar-refractivity contribution >= 4 is 17.5 Å². The van der Waals surface area contributed by atoms with Gasteiger partial charge in [-0.3, -0.25) is 5.10 Å². The molecule has 32 heavy (non-hydrogen) atoms. The van der Waals surface area contributed by atoms with Crippen molar-refractivity contribution in [2.24, 2.45) is 5.10 Å². The lowest BCUT2D eigenvalue weighted by Crippen LogP contribution is -2.44. The Kier molecular flexibility index (Phi) is 5.01. The molecule has 2 aromatic carbocycles. The summed E-state index contributed by atoms with van der Waals surface area (Å²) in [6.45, 7) is 9.10. The second-order valence-electron chi connectivity index (χ2n) is 8.22. The summed E-state index contributed by atoms with van der Waals surface area (Å²) in [7, 11) is 2.06. The van der Waals surface area contributed by atoms with Gasteiger partial charge in [-0.05, 0) is 43.8 Å². The van der Waals surface area contributed by atoms with E-state index in [1.54, 1.807) is 24.3 Å². The van der Waals surface area contributed by atoms with E-state index in [1.165, 1.54) is 11.1 Å². The fourth-order valence-electron chi connectivity index (χ4n) is 4.21. The molecule has 0 radical (unpaired) electrons. The number of aromatic amines is 1. The van der Waals surface area contributed by atoms with E-state index in [0.717, 1.165) is 31.7 Å². The molecule has 3 aromatic rings. The summed E-state index contributed by atoms with van der Waals surface area (Å²) in [5.41, 5.74) is 2.83. The van der Waals surface area contributed by atoms with Gasteiger partial charge in [0, 0.05) is 31.7 Å². The first-order valence-corrected chi connectivity index (χ1v) is 10.6. The third kappa shape index (κ3) is 3.36. The molecule has 6 nitrogen and oxygen atoms in total. The molecule has 3 heterocycles. The summed E-state index contributed by atoms with van der Waals surface area (Å²) in [5, 5.41) is 14.4. The highest BCUT2D eigenvalue weighted by Gasteiger charge is 2.24. The van der Waals surface area contributed by atoms with Crippen LogP contribution in [0.1, 0.15) is 5.56 Å². The molecule has 2 aliphatic rings. The van der Waals surface area contributed by atoms with Crippen LogP contribution < -0.4 is 20.6 Å². The van der Waals surface area contributed by atoms with E-state index in [0.29, 0.717) is 39.0 Å². The Hall–Kier alpha value is -3.52. The van der Waals surface area contributed by atoms with Crippen molar-refractivity contribution in [1.82, 2.24) is 15.1 Å². The van der Waals surface area contributed by atoms with Crippen LogP contribution in [0.4, 0.5) is 20.2 Å². The van der Waals surface area contributed by atoms with Crippen LogP contribution in [0.2, 0.25) is 0 Å². The third-order valence-electron chi connectivity index (χ3n) is 6.03. The van der Waals surface area contributed by atoms with Crippen molar-refractivity contribution < 1.29 is 8.78 Å². The van der Waals surface area contributed by atoms with E-state index >= 15 is 4.39 Å². The van der Waals surface area contributed by atoms with Gasteiger partial charge in [0.25, 0.3) is 0 Å². The number of fused-ring (bicyclic) bond motifs is 1. The molecular weight excluding hydrogens is 410 g/mol. The number of hydrogen-bond acceptors (Lipinski definition) is 5. The Morgan fingerprint density at radius 3 is 2.53 bits per heavy atom. The van der Waals surface area contributed by atoms with Crippen LogP contribution in [0.25, 0.3) is 17.3 Å². The molecule has 0 spiro atoms. The zero-order valence-electron chi connectivity index (χ0n) is 18.1. The smallest absolute Gasteiger partial charge is 0.156 e. The fourth-order valence-corrected chi connectivity index (χ4v) is 4.21. The maximum absolute atomic E-state index is 15.7. The predicted molar refractivity (Wildman–Crippen MR) is 122 cm³/mol. The molecular formula is C24H24F2N6. The predicted octanol–water partition coefficient (Wildman–Crippen LogP) is 2.76. The van der Waals surface area contributed by atoms with Crippen LogP contribution in [0, 0.1) is 18.6 Å². The number of piperazine rings is 1. The number of nitrogens with zero attached hydrogens (tertiary/aromatic N) is 5. The average molecular weight is 434 g/mol. The molecule has 1 fully saturated rings. The van der Waals surface area contributed by atoms with Gasteiger partial charge in [-0.2, -0.15) is 10.2 Å². The number of aromatic nitrogens is 2. The van der Waals surface area contributed by atoms with Crippen LogP contribution in [0.5, 0.6) is 0 Å². The maximum Gasteiger partial charge on any atom is 0.156 e. The van der Waals surface area contributed by atoms with Gasteiger partial charge in [0.1, 0.15) is 22.6 Å². The van der Waals surface area contributed by atoms with Gasteiger partial charge in [-0.1, -0.05) is 24.8 Å². The van der Waals surface area contributed by atoms with Gasteiger partial charge >= 0.3 is 0 Å². The molecule has 1 N–H and O–H groups in total. The molecule has 1 aromatic heterocycles. The average Bonchev–Trinajstić information content (AvgIpc) is 3.17. The first-order valence-electron chi connectivity index (χ1n) is 10.6. The molecule has 2 aliphatic heterocycles. The molecule has 0 bridgehead atoms. The molecule has 0 atom stereocenters. The quantitative estimate of drug-likeness (QED) is 0.689. The Labute approximate surface area is 184 Å². The molecule has 0 unspecified atom stereocenters. The van der Waals surface area contributed by atoms with E-state index in [2.05, 4.69) is 38.7 Å². The summed E-state index contributed by atoms with van der Waals surface area (Å²) in [4.78, 5) is 4.28. The molecule has 0 saturated carbocycles. The first kappa shape index (κ1) is 20.4. The van der Waals surface area contributed by atoms with Crippen molar-refractivity contribution in [3.8, 4) is 11.3 Å². The van der Waals surface area contributed by atoms with E-state index in [-0.39, 0.29) is 5.82 Å². The Bertz CT molecular complexity index is 1300. The number of rotatable bonds is 3. The highest BCUT2D eigenvalue weighted by Crippen LogP contribution is 2.30. The molecule has 0 aliphatic carbocycles. The van der Waals surface area contributed by atoms with Crippen molar-refractivity contribution in [2.75, 3.05) is 43.1 Å². The molecule has 164 valence electrons. The Morgan fingerprint density at radius 1 is 1.03 bits per heavy atom. The number of para-hydroxylation sites is 1. The summed E-state index contributed by atoms with van der Waals surface area (Å²) >= 11 is 0. The summed E-state index contributed by atoms with van der Waals surface area (Å²) in [6.07, 6.45) is 1.74. The lowest BCUT2D eigenvalue weighted by atomic mass is 10.1. The summed E-state index contributed by atoms with van der Waals surface area (Å²) in [6, 6.07) is 10.2. The number of nitrogens with one attached hydrogen (secondary N) is 1. The van der Waals surface area contributed by atoms with Crippen LogP contribution in [-0.2, 0) is 0 Å². The monoisotopic (exact) mass is 434 g/mol. The normalized spacial score (nSPS) is 16.6. The van der Waals surface area contributed by atoms with Gasteiger partial charge < -0.3 is 9.80 Å². The first-order chi connectivity index (χ1) is 15.4. The topological polar surface area (TPSA) is 50.8 Å². The van der Waals surface area contributed by atoms with E-state index < -0.39 is 5.82 Å². The zero-order valence-corrected chi connectivity index (χ0v) is 18.1. The lowest BCUT2D eigenvalue weighted by molar-refractivity contribution is 0.312. The number of likely N-dealkylation sites (N-methyl/N-ethyl adjacent to an activating group) is 1. The largest absolute Gasteiger partial charge is 0.367 e. The summed E-state index contributed by atoms with van der Waals surface area (Å²) < 4.78 is 30.3. The third-order valence-corrected chi connectivity index (χ3v) is 6.03. The van der Waals surface area contributed by atoms with E-state index in [9.17, 15) is 4.39 Å². The molecule has 0 amide bonds. The van der Waals surface area contributed by atoms with Crippen LogP contribution in [-0.4, -0.2) is 48.3 Å². The Morgan fingerprint density at radius 2 is 1.78 bits per heavy atom. The molecule has 1 saturated heterocycles. The fraction of sp³-hybridized carbons (Fsp3) is 0.250. The number of hydrogen-bond donors (Lipinski definition) is 1. The van der Waals surface area contributed by atoms with Gasteiger partial charge in [0.2, 0.25) is 0 Å². The second kappa shape index (κ2) is 7.87. The number of halogens is 2. The van der Waals surface area contributed by atoms with Gasteiger partial charge in [-0.25, -0.2) is 13.8 Å². The van der Waals surface area contributed by atoms with Crippen LogP contribution >= 0.6 is 0 Å². The molecule has 8 heteroatoms. The van der Waals surface area contributed by atoms with Crippen LogP contribution in [0.15, 0.2) is 53.8 Å². The van der Waals surface area contributed by atoms with Crippen molar-refractivity contribution in [1.29, 1.82) is 0 Å². The minimum atomic E-state index is -0.403. The second-order valence-corrected chi connectivity index (χ2v) is 8.22. The highest BCUT2D eigenvalue weighted by molar-refractivity contribution is 5.70. The van der Waals surface area contributed by atoms with Crippen molar-refractivity contribution in [3.05, 3.63) is 76.6 Å². The van der Waals surface area contributed by atoms with Gasteiger partial charge in [0.15, 0.2) is 5.82 Å². The zero-order chi connectivity index (χ0) is 22.4.